The molecule has 1 fully saturated rings. The lowest BCUT2D eigenvalue weighted by Crippen LogP contribution is -2.43. The number of aliphatic imine (C=N–C) groups is 1. The first-order chi connectivity index (χ1) is 13.8. The Bertz CT molecular complexity index is 626. The van der Waals surface area contributed by atoms with Crippen molar-refractivity contribution in [2.75, 3.05) is 26.2 Å². The number of nitrogens with zero attached hydrogens (tertiary/aromatic N) is 2. The van der Waals surface area contributed by atoms with Crippen LogP contribution in [0.4, 0.5) is 13.2 Å². The van der Waals surface area contributed by atoms with Crippen molar-refractivity contribution in [3.05, 3.63) is 35.4 Å². The van der Waals surface area contributed by atoms with Crippen LogP contribution >= 0.6 is 0 Å². The number of ether oxygens (including phenoxy) is 1. The topological polar surface area (TPSA) is 48.9 Å². The lowest BCUT2D eigenvalue weighted by Gasteiger charge is -2.26. The van der Waals surface area contributed by atoms with E-state index in [1.807, 2.05) is 19.1 Å². The second-order valence-electron chi connectivity index (χ2n) is 7.61. The highest BCUT2D eigenvalue weighted by Crippen LogP contribution is 2.27. The minimum atomic E-state index is -4.30. The summed E-state index contributed by atoms with van der Waals surface area (Å²) in [6.07, 6.45) is -1.71. The molecule has 2 rings (SSSR count). The van der Waals surface area contributed by atoms with Gasteiger partial charge in [-0.05, 0) is 44.7 Å². The molecule has 1 saturated carbocycles. The summed E-state index contributed by atoms with van der Waals surface area (Å²) < 4.78 is 41.0. The monoisotopic (exact) mass is 414 g/mol. The predicted octanol–water partition coefficient (Wildman–Crippen LogP) is 3.69. The maximum Gasteiger partial charge on any atom is 0.411 e. The number of rotatable bonds is 11. The Hall–Kier alpha value is -1.80. The van der Waals surface area contributed by atoms with Crippen LogP contribution in [-0.4, -0.2) is 55.4 Å². The zero-order valence-electron chi connectivity index (χ0n) is 17.6. The molecule has 1 aliphatic rings. The number of halogens is 3. The maximum atomic E-state index is 12.1. The summed E-state index contributed by atoms with van der Waals surface area (Å²) in [5.41, 5.74) is 1.70. The Kier molecular flexibility index (Phi) is 9.23. The number of alkyl halides is 3. The number of hydrogen-bond donors (Lipinski definition) is 2. The average molecular weight is 415 g/mol. The van der Waals surface area contributed by atoms with Gasteiger partial charge >= 0.3 is 6.18 Å². The van der Waals surface area contributed by atoms with Gasteiger partial charge in [0.2, 0.25) is 0 Å². The van der Waals surface area contributed by atoms with Crippen LogP contribution in [-0.2, 0) is 17.9 Å². The van der Waals surface area contributed by atoms with Gasteiger partial charge in [-0.1, -0.05) is 24.3 Å². The predicted molar refractivity (Wildman–Crippen MR) is 110 cm³/mol. The zero-order chi connectivity index (χ0) is 21.3. The van der Waals surface area contributed by atoms with Gasteiger partial charge in [-0.3, -0.25) is 4.90 Å². The highest BCUT2D eigenvalue weighted by atomic mass is 19.4. The largest absolute Gasteiger partial charge is 0.411 e. The van der Waals surface area contributed by atoms with Crippen LogP contribution in [0.3, 0.4) is 0 Å². The van der Waals surface area contributed by atoms with Crippen molar-refractivity contribution in [1.29, 1.82) is 0 Å². The van der Waals surface area contributed by atoms with Crippen molar-refractivity contribution in [3.8, 4) is 0 Å². The van der Waals surface area contributed by atoms with Crippen molar-refractivity contribution >= 4 is 5.96 Å². The summed E-state index contributed by atoms with van der Waals surface area (Å²) in [6, 6.07) is 8.56. The summed E-state index contributed by atoms with van der Waals surface area (Å²) in [6.45, 7) is 8.29. The average Bonchev–Trinajstić information content (AvgIpc) is 3.48. The summed E-state index contributed by atoms with van der Waals surface area (Å²) in [7, 11) is 0. The minimum absolute atomic E-state index is 0.0550. The fraction of sp³-hybridized carbons (Fsp3) is 0.667. The smallest absolute Gasteiger partial charge is 0.367 e. The molecule has 0 saturated heterocycles. The number of hydrogen-bond acceptors (Lipinski definition) is 3. The lowest BCUT2D eigenvalue weighted by atomic mass is 10.1. The molecule has 0 aliphatic heterocycles. The van der Waals surface area contributed by atoms with Crippen LogP contribution in [0.25, 0.3) is 0 Å². The first kappa shape index (κ1) is 23.5. The van der Waals surface area contributed by atoms with Crippen molar-refractivity contribution in [2.45, 2.75) is 65.0 Å². The second kappa shape index (κ2) is 11.4. The number of guanidine groups is 1. The van der Waals surface area contributed by atoms with E-state index in [2.05, 4.69) is 39.1 Å². The molecule has 29 heavy (non-hydrogen) atoms. The Balaban J connectivity index is 1.79. The van der Waals surface area contributed by atoms with E-state index in [1.54, 1.807) is 12.1 Å². The molecular weight excluding hydrogens is 381 g/mol. The first-order valence-corrected chi connectivity index (χ1v) is 10.3. The van der Waals surface area contributed by atoms with Gasteiger partial charge in [-0.2, -0.15) is 13.2 Å². The summed E-state index contributed by atoms with van der Waals surface area (Å²) in [5, 5.41) is 6.63. The van der Waals surface area contributed by atoms with Crippen molar-refractivity contribution in [1.82, 2.24) is 15.5 Å². The fourth-order valence-electron chi connectivity index (χ4n) is 3.11. The highest BCUT2D eigenvalue weighted by Gasteiger charge is 2.30. The third kappa shape index (κ3) is 9.49. The van der Waals surface area contributed by atoms with Crippen molar-refractivity contribution in [2.24, 2.45) is 4.99 Å². The van der Waals surface area contributed by atoms with Gasteiger partial charge in [0.25, 0.3) is 0 Å². The molecule has 0 heterocycles. The van der Waals surface area contributed by atoms with E-state index in [-0.39, 0.29) is 6.61 Å². The van der Waals surface area contributed by atoms with E-state index in [1.165, 1.54) is 12.8 Å². The molecule has 1 aliphatic carbocycles. The van der Waals surface area contributed by atoms with Crippen LogP contribution in [0, 0.1) is 0 Å². The molecule has 0 radical (unpaired) electrons. The molecule has 0 spiro atoms. The summed E-state index contributed by atoms with van der Waals surface area (Å²) >= 11 is 0. The Morgan fingerprint density at radius 2 is 1.83 bits per heavy atom. The lowest BCUT2D eigenvalue weighted by molar-refractivity contribution is -0.176. The molecule has 0 bridgehead atoms. The van der Waals surface area contributed by atoms with Gasteiger partial charge in [0, 0.05) is 31.7 Å². The van der Waals surface area contributed by atoms with E-state index in [4.69, 9.17) is 0 Å². The van der Waals surface area contributed by atoms with Crippen LogP contribution in [0.2, 0.25) is 0 Å². The molecule has 164 valence electrons. The third-order valence-electron chi connectivity index (χ3n) is 4.66. The van der Waals surface area contributed by atoms with Gasteiger partial charge in [-0.15, -0.1) is 0 Å². The van der Waals surface area contributed by atoms with Crippen LogP contribution in [0.5, 0.6) is 0 Å². The van der Waals surface area contributed by atoms with Gasteiger partial charge in [0.1, 0.15) is 6.61 Å². The molecule has 1 aromatic rings. The Morgan fingerprint density at radius 3 is 2.38 bits per heavy atom. The van der Waals surface area contributed by atoms with Crippen LogP contribution < -0.4 is 10.6 Å². The third-order valence-corrected chi connectivity index (χ3v) is 4.66. The molecule has 5 nitrogen and oxygen atoms in total. The van der Waals surface area contributed by atoms with Crippen LogP contribution in [0.15, 0.2) is 29.3 Å². The van der Waals surface area contributed by atoms with Crippen molar-refractivity contribution in [3.63, 3.8) is 0 Å². The fourth-order valence-corrected chi connectivity index (χ4v) is 3.11. The molecular formula is C21H33F3N4O. The Labute approximate surface area is 171 Å². The quantitative estimate of drug-likeness (QED) is 0.428. The molecule has 2 N–H and O–H groups in total. The standard InChI is InChI=1S/C21H33F3N4O/c1-4-25-20(26-11-12-28(16(2)3)19-9-10-19)27-13-17-5-7-18(8-6-17)14-29-15-21(22,23)24/h5-8,16,19H,4,9-15H2,1-3H3,(H2,25,26,27). The van der Waals surface area contributed by atoms with Crippen LogP contribution in [0.1, 0.15) is 44.7 Å². The molecule has 0 amide bonds. The number of benzene rings is 1. The SMILES string of the molecule is CCNC(=NCc1ccc(COCC(F)(F)F)cc1)NCCN(C(C)C)C1CC1. The molecule has 0 atom stereocenters. The summed E-state index contributed by atoms with van der Waals surface area (Å²) in [5.74, 6) is 0.768. The molecule has 0 aromatic heterocycles. The normalized spacial score (nSPS) is 15.2. The van der Waals surface area contributed by atoms with E-state index >= 15 is 0 Å². The highest BCUT2D eigenvalue weighted by molar-refractivity contribution is 5.79. The van der Waals surface area contributed by atoms with E-state index in [0.29, 0.717) is 18.2 Å². The minimum Gasteiger partial charge on any atom is -0.367 e. The zero-order valence-corrected chi connectivity index (χ0v) is 17.6. The molecule has 1 aromatic carbocycles. The van der Waals surface area contributed by atoms with Gasteiger partial charge in [0.05, 0.1) is 13.2 Å². The van der Waals surface area contributed by atoms with E-state index < -0.39 is 12.8 Å². The molecule has 8 heteroatoms. The van der Waals surface area contributed by atoms with Gasteiger partial charge in [0.15, 0.2) is 5.96 Å². The number of nitrogens with one attached hydrogen (secondary N) is 2. The van der Waals surface area contributed by atoms with Gasteiger partial charge in [-0.25, -0.2) is 4.99 Å². The maximum absolute atomic E-state index is 12.1. The van der Waals surface area contributed by atoms with Gasteiger partial charge < -0.3 is 15.4 Å². The Morgan fingerprint density at radius 1 is 1.17 bits per heavy atom. The second-order valence-corrected chi connectivity index (χ2v) is 7.61. The molecule has 0 unspecified atom stereocenters. The summed E-state index contributed by atoms with van der Waals surface area (Å²) in [4.78, 5) is 7.13. The van der Waals surface area contributed by atoms with E-state index in [9.17, 15) is 13.2 Å². The van der Waals surface area contributed by atoms with E-state index in [0.717, 1.165) is 37.2 Å². The first-order valence-electron chi connectivity index (χ1n) is 10.3. The van der Waals surface area contributed by atoms with Crippen molar-refractivity contribution < 1.29 is 17.9 Å².